The third-order valence-corrected chi connectivity index (χ3v) is 5.39. The molecule has 0 radical (unpaired) electrons. The molecule has 2 heteroatoms. The third kappa shape index (κ3) is 7.10. The zero-order valence-corrected chi connectivity index (χ0v) is 15.4. The molecule has 0 aliphatic heterocycles. The van der Waals surface area contributed by atoms with E-state index in [-0.39, 0.29) is 0 Å². The minimum Gasteiger partial charge on any atom is -0.342 e. The van der Waals surface area contributed by atoms with Crippen LogP contribution in [0.1, 0.15) is 84.5 Å². The Labute approximate surface area is 143 Å². The lowest BCUT2D eigenvalue weighted by Crippen LogP contribution is -2.35. The minimum absolute atomic E-state index is 0.384. The summed E-state index contributed by atoms with van der Waals surface area (Å²) in [5.74, 6) is 2.52. The fourth-order valence-electron chi connectivity index (χ4n) is 3.46. The van der Waals surface area contributed by atoms with Crippen LogP contribution < -0.4 is 0 Å². The first kappa shape index (κ1) is 18.5. The van der Waals surface area contributed by atoms with Crippen LogP contribution >= 0.6 is 0 Å². The normalized spacial score (nSPS) is 23.4. The van der Waals surface area contributed by atoms with E-state index in [1.165, 1.54) is 51.4 Å². The molecule has 0 aromatic heterocycles. The van der Waals surface area contributed by atoms with Gasteiger partial charge < -0.3 is 4.90 Å². The number of amides is 1. The Hall–Kier alpha value is -0.790. The number of carbonyl (C=O) groups excluding carboxylic acids is 1. The van der Waals surface area contributed by atoms with E-state index in [1.54, 1.807) is 0 Å². The van der Waals surface area contributed by atoms with Crippen LogP contribution in [0.3, 0.4) is 0 Å². The van der Waals surface area contributed by atoms with E-state index in [1.807, 2.05) is 0 Å². The lowest BCUT2D eigenvalue weighted by molar-refractivity contribution is -0.132. The Kier molecular flexibility index (Phi) is 8.19. The first-order chi connectivity index (χ1) is 11.3. The molecule has 0 saturated heterocycles. The SMILES string of the molecule is CCCCCC=CCCC1CC1CN(CCCC)C(=O)C1CC1. The van der Waals surface area contributed by atoms with Crippen molar-refractivity contribution in [3.63, 3.8) is 0 Å². The molecule has 2 saturated carbocycles. The highest BCUT2D eigenvalue weighted by molar-refractivity contribution is 5.81. The molecule has 0 N–H and O–H groups in total. The van der Waals surface area contributed by atoms with Crippen LogP contribution in [0.15, 0.2) is 12.2 Å². The standard InChI is InChI=1S/C21H37NO/c1-3-5-7-8-9-10-11-12-19-16-20(19)17-22(15-6-4-2)21(23)18-13-14-18/h9-10,18-20H,3-8,11-17H2,1-2H3. The molecular weight excluding hydrogens is 282 g/mol. The van der Waals surface area contributed by atoms with Gasteiger partial charge in [-0.3, -0.25) is 4.79 Å². The van der Waals surface area contributed by atoms with E-state index < -0.39 is 0 Å². The highest BCUT2D eigenvalue weighted by Gasteiger charge is 2.40. The Morgan fingerprint density at radius 3 is 2.43 bits per heavy atom. The van der Waals surface area contributed by atoms with Crippen molar-refractivity contribution >= 4 is 5.91 Å². The number of rotatable bonds is 13. The van der Waals surface area contributed by atoms with Crippen LogP contribution in [0.4, 0.5) is 0 Å². The molecule has 0 spiro atoms. The average molecular weight is 320 g/mol. The van der Waals surface area contributed by atoms with E-state index in [2.05, 4.69) is 30.9 Å². The van der Waals surface area contributed by atoms with Crippen LogP contribution in [0.2, 0.25) is 0 Å². The van der Waals surface area contributed by atoms with Crippen LogP contribution in [0.25, 0.3) is 0 Å². The highest BCUT2D eigenvalue weighted by atomic mass is 16.2. The van der Waals surface area contributed by atoms with Crippen molar-refractivity contribution in [3.05, 3.63) is 12.2 Å². The van der Waals surface area contributed by atoms with Gasteiger partial charge in [0, 0.05) is 19.0 Å². The van der Waals surface area contributed by atoms with E-state index in [4.69, 9.17) is 0 Å². The maximum absolute atomic E-state index is 12.4. The maximum atomic E-state index is 12.4. The monoisotopic (exact) mass is 319 g/mol. The molecule has 2 rings (SSSR count). The average Bonchev–Trinajstić information content (AvgIpc) is 3.45. The van der Waals surface area contributed by atoms with Gasteiger partial charge in [-0.05, 0) is 63.2 Å². The fraction of sp³-hybridized carbons (Fsp3) is 0.857. The highest BCUT2D eigenvalue weighted by Crippen LogP contribution is 2.43. The van der Waals surface area contributed by atoms with Gasteiger partial charge >= 0.3 is 0 Å². The van der Waals surface area contributed by atoms with Crippen LogP contribution in [-0.2, 0) is 4.79 Å². The molecule has 0 bridgehead atoms. The number of hydrogen-bond donors (Lipinski definition) is 0. The molecule has 0 heterocycles. The second kappa shape index (κ2) is 10.2. The van der Waals surface area contributed by atoms with Gasteiger partial charge in [0.2, 0.25) is 5.91 Å². The van der Waals surface area contributed by atoms with E-state index in [0.29, 0.717) is 11.8 Å². The molecule has 2 aliphatic rings. The third-order valence-electron chi connectivity index (χ3n) is 5.39. The Morgan fingerprint density at radius 1 is 1.00 bits per heavy atom. The first-order valence-electron chi connectivity index (χ1n) is 10.2. The van der Waals surface area contributed by atoms with Crippen molar-refractivity contribution in [2.24, 2.45) is 17.8 Å². The van der Waals surface area contributed by atoms with Crippen LogP contribution in [0.5, 0.6) is 0 Å². The molecule has 2 aliphatic carbocycles. The lowest BCUT2D eigenvalue weighted by Gasteiger charge is -2.22. The summed E-state index contributed by atoms with van der Waals surface area (Å²) in [6, 6.07) is 0. The maximum Gasteiger partial charge on any atom is 0.225 e. The molecule has 2 nitrogen and oxygen atoms in total. The summed E-state index contributed by atoms with van der Waals surface area (Å²) in [6.07, 6.45) is 18.6. The van der Waals surface area contributed by atoms with Gasteiger partial charge in [0.1, 0.15) is 0 Å². The zero-order chi connectivity index (χ0) is 16.5. The zero-order valence-electron chi connectivity index (χ0n) is 15.4. The lowest BCUT2D eigenvalue weighted by atomic mass is 10.1. The van der Waals surface area contributed by atoms with Crippen molar-refractivity contribution in [1.29, 1.82) is 0 Å². The van der Waals surface area contributed by atoms with E-state index in [0.717, 1.165) is 44.2 Å². The summed E-state index contributed by atoms with van der Waals surface area (Å²) < 4.78 is 0. The van der Waals surface area contributed by atoms with Gasteiger partial charge in [-0.25, -0.2) is 0 Å². The van der Waals surface area contributed by atoms with Crippen molar-refractivity contribution in [2.45, 2.75) is 84.5 Å². The quantitative estimate of drug-likeness (QED) is 0.320. The summed E-state index contributed by atoms with van der Waals surface area (Å²) in [7, 11) is 0. The Morgan fingerprint density at radius 2 is 1.74 bits per heavy atom. The largest absolute Gasteiger partial charge is 0.342 e. The van der Waals surface area contributed by atoms with Gasteiger partial charge in [-0.1, -0.05) is 45.3 Å². The molecule has 2 fully saturated rings. The number of nitrogens with zero attached hydrogens (tertiary/aromatic N) is 1. The molecule has 23 heavy (non-hydrogen) atoms. The van der Waals surface area contributed by atoms with Gasteiger partial charge in [-0.2, -0.15) is 0 Å². The summed E-state index contributed by atoms with van der Waals surface area (Å²) in [4.78, 5) is 14.6. The van der Waals surface area contributed by atoms with E-state index >= 15 is 0 Å². The van der Waals surface area contributed by atoms with Crippen molar-refractivity contribution in [1.82, 2.24) is 4.90 Å². The fourth-order valence-corrected chi connectivity index (χ4v) is 3.46. The molecule has 0 aromatic carbocycles. The molecule has 0 aromatic rings. The number of allylic oxidation sites excluding steroid dienone is 2. The topological polar surface area (TPSA) is 20.3 Å². The number of carbonyl (C=O) groups is 1. The number of unbranched alkanes of at least 4 members (excludes halogenated alkanes) is 4. The van der Waals surface area contributed by atoms with Crippen molar-refractivity contribution in [3.8, 4) is 0 Å². The van der Waals surface area contributed by atoms with Crippen LogP contribution in [0, 0.1) is 17.8 Å². The molecular formula is C21H37NO. The van der Waals surface area contributed by atoms with Gasteiger partial charge in [-0.15, -0.1) is 0 Å². The predicted molar refractivity (Wildman–Crippen MR) is 98.3 cm³/mol. The molecule has 1 amide bonds. The first-order valence-corrected chi connectivity index (χ1v) is 10.2. The predicted octanol–water partition coefficient (Wildman–Crippen LogP) is 5.58. The summed E-state index contributed by atoms with van der Waals surface area (Å²) in [6.45, 7) is 6.51. The second-order valence-electron chi connectivity index (χ2n) is 7.71. The molecule has 2 unspecified atom stereocenters. The van der Waals surface area contributed by atoms with Crippen molar-refractivity contribution < 1.29 is 4.79 Å². The number of hydrogen-bond acceptors (Lipinski definition) is 1. The Bertz CT molecular complexity index is 372. The minimum atomic E-state index is 0.384. The van der Waals surface area contributed by atoms with Gasteiger partial charge in [0.05, 0.1) is 0 Å². The summed E-state index contributed by atoms with van der Waals surface area (Å²) in [5.41, 5.74) is 0. The van der Waals surface area contributed by atoms with Crippen LogP contribution in [-0.4, -0.2) is 23.9 Å². The van der Waals surface area contributed by atoms with Gasteiger partial charge in [0.25, 0.3) is 0 Å². The second-order valence-corrected chi connectivity index (χ2v) is 7.71. The Balaban J connectivity index is 1.59. The van der Waals surface area contributed by atoms with Crippen molar-refractivity contribution in [2.75, 3.05) is 13.1 Å². The summed E-state index contributed by atoms with van der Waals surface area (Å²) >= 11 is 0. The molecule has 2 atom stereocenters. The summed E-state index contributed by atoms with van der Waals surface area (Å²) in [5, 5.41) is 0. The molecule has 132 valence electrons. The smallest absolute Gasteiger partial charge is 0.225 e. The van der Waals surface area contributed by atoms with Gasteiger partial charge in [0.15, 0.2) is 0 Å². The van der Waals surface area contributed by atoms with E-state index in [9.17, 15) is 4.79 Å².